The van der Waals surface area contributed by atoms with Crippen LogP contribution in [0, 0.1) is 10.1 Å². The van der Waals surface area contributed by atoms with Gasteiger partial charge in [0.05, 0.1) is 10.5 Å². The Labute approximate surface area is 171 Å². The van der Waals surface area contributed by atoms with Gasteiger partial charge in [0, 0.05) is 25.7 Å². The van der Waals surface area contributed by atoms with E-state index in [4.69, 9.17) is 34.8 Å². The number of hydrogen-bond donors (Lipinski definition) is 0. The summed E-state index contributed by atoms with van der Waals surface area (Å²) in [6.45, 7) is 3.20. The third kappa shape index (κ3) is 4.76. The zero-order valence-corrected chi connectivity index (χ0v) is 16.7. The average molecular weight is 432 g/mol. The Morgan fingerprint density at radius 2 is 1.81 bits per heavy atom. The van der Waals surface area contributed by atoms with Gasteiger partial charge in [0.1, 0.15) is 0 Å². The van der Waals surface area contributed by atoms with Crippen LogP contribution in [0.3, 0.4) is 0 Å². The third-order valence-corrected chi connectivity index (χ3v) is 4.73. The molecule has 0 aliphatic carbocycles. The molecule has 2 aromatic rings. The third-order valence-electron chi connectivity index (χ3n) is 4.22. The molecule has 2 heterocycles. The molecular formula is C16H17Cl3N6O2. The van der Waals surface area contributed by atoms with Gasteiger partial charge in [-0.15, -0.1) is 0 Å². The molecule has 1 aliphatic rings. The Kier molecular flexibility index (Phi) is 6.00. The van der Waals surface area contributed by atoms with Crippen molar-refractivity contribution >= 4 is 46.4 Å². The largest absolute Gasteiger partial charge is 0.339 e. The van der Waals surface area contributed by atoms with Gasteiger partial charge in [-0.25, -0.2) is 4.98 Å². The molecule has 0 spiro atoms. The lowest BCUT2D eigenvalue weighted by Crippen LogP contribution is -2.31. The number of alkyl halides is 3. The van der Waals surface area contributed by atoms with Gasteiger partial charge in [-0.1, -0.05) is 46.9 Å². The Bertz CT molecular complexity index is 845. The van der Waals surface area contributed by atoms with E-state index >= 15 is 0 Å². The van der Waals surface area contributed by atoms with E-state index in [-0.39, 0.29) is 22.9 Å². The molecule has 0 radical (unpaired) electrons. The average Bonchev–Trinajstić information content (AvgIpc) is 2.85. The molecule has 144 valence electrons. The molecule has 1 aliphatic heterocycles. The summed E-state index contributed by atoms with van der Waals surface area (Å²) in [5.41, 5.74) is 0.120. The number of nitrogens with zero attached hydrogens (tertiary/aromatic N) is 6. The van der Waals surface area contributed by atoms with Gasteiger partial charge in [0.2, 0.25) is 9.74 Å². The van der Waals surface area contributed by atoms with Crippen molar-refractivity contribution < 1.29 is 4.92 Å². The van der Waals surface area contributed by atoms with Gasteiger partial charge in [0.15, 0.2) is 11.6 Å². The van der Waals surface area contributed by atoms with E-state index in [1.165, 1.54) is 6.07 Å². The lowest BCUT2D eigenvalue weighted by molar-refractivity contribution is -0.384. The van der Waals surface area contributed by atoms with Crippen LogP contribution in [-0.4, -0.2) is 58.0 Å². The molecule has 0 saturated carbocycles. The number of rotatable bonds is 3. The molecule has 0 bridgehead atoms. The first-order chi connectivity index (χ1) is 12.8. The quantitative estimate of drug-likeness (QED) is 0.418. The molecule has 8 nitrogen and oxygen atoms in total. The Balaban J connectivity index is 2.11. The number of aromatic nitrogens is 3. The van der Waals surface area contributed by atoms with E-state index in [2.05, 4.69) is 19.9 Å². The summed E-state index contributed by atoms with van der Waals surface area (Å²) < 4.78 is -1.88. The van der Waals surface area contributed by atoms with Gasteiger partial charge < -0.3 is 9.80 Å². The van der Waals surface area contributed by atoms with Crippen LogP contribution in [0.4, 0.5) is 11.6 Å². The molecule has 1 fully saturated rings. The summed E-state index contributed by atoms with van der Waals surface area (Å²) in [5, 5.41) is 11.4. The Morgan fingerprint density at radius 1 is 1.07 bits per heavy atom. The number of nitro groups is 1. The summed E-state index contributed by atoms with van der Waals surface area (Å²) in [6, 6.07) is 6.19. The fourth-order valence-electron chi connectivity index (χ4n) is 2.82. The summed E-state index contributed by atoms with van der Waals surface area (Å²) in [4.78, 5) is 28.0. The van der Waals surface area contributed by atoms with Crippen LogP contribution in [0.25, 0.3) is 11.4 Å². The van der Waals surface area contributed by atoms with Gasteiger partial charge in [-0.2, -0.15) is 9.97 Å². The number of anilines is 1. The lowest BCUT2D eigenvalue weighted by Gasteiger charge is -2.22. The number of hydrogen-bond acceptors (Lipinski definition) is 7. The monoisotopic (exact) mass is 430 g/mol. The van der Waals surface area contributed by atoms with Gasteiger partial charge in [-0.3, -0.25) is 10.1 Å². The summed E-state index contributed by atoms with van der Waals surface area (Å²) in [6.07, 6.45) is 0.923. The van der Waals surface area contributed by atoms with Crippen LogP contribution >= 0.6 is 34.8 Å². The van der Waals surface area contributed by atoms with Gasteiger partial charge in [-0.05, 0) is 26.1 Å². The number of nitro benzene ring substituents is 1. The molecule has 27 heavy (non-hydrogen) atoms. The molecule has 0 unspecified atom stereocenters. The molecule has 11 heteroatoms. The minimum atomic E-state index is -1.88. The number of para-hydroxylation sites is 1. The first kappa shape index (κ1) is 20.0. The second kappa shape index (κ2) is 8.10. The van der Waals surface area contributed by atoms with Crippen molar-refractivity contribution in [2.24, 2.45) is 0 Å². The van der Waals surface area contributed by atoms with Crippen molar-refractivity contribution in [2.75, 3.05) is 38.1 Å². The fourth-order valence-corrected chi connectivity index (χ4v) is 3.08. The van der Waals surface area contributed by atoms with Crippen molar-refractivity contribution in [2.45, 2.75) is 10.2 Å². The second-order valence-electron chi connectivity index (χ2n) is 6.20. The van der Waals surface area contributed by atoms with Crippen LogP contribution < -0.4 is 4.90 Å². The normalized spacial score (nSPS) is 16.2. The predicted octanol–water partition coefficient (Wildman–Crippen LogP) is 3.42. The second-order valence-corrected chi connectivity index (χ2v) is 8.48. The summed E-state index contributed by atoms with van der Waals surface area (Å²) >= 11 is 18.0. The number of likely N-dealkylation sites (N-methyl/N-ethyl adjacent to an activating group) is 1. The molecule has 0 amide bonds. The molecule has 1 aromatic carbocycles. The minimum Gasteiger partial charge on any atom is -0.339 e. The lowest BCUT2D eigenvalue weighted by atomic mass is 10.1. The van der Waals surface area contributed by atoms with Crippen molar-refractivity contribution in [3.63, 3.8) is 0 Å². The highest BCUT2D eigenvalue weighted by Gasteiger charge is 2.31. The Hall–Kier alpha value is -1.74. The summed E-state index contributed by atoms with van der Waals surface area (Å²) in [5.74, 6) is 0.379. The molecule has 3 rings (SSSR count). The van der Waals surface area contributed by atoms with Crippen molar-refractivity contribution in [1.29, 1.82) is 0 Å². The highest BCUT2D eigenvalue weighted by molar-refractivity contribution is 6.66. The zero-order valence-electron chi connectivity index (χ0n) is 14.5. The molecule has 0 atom stereocenters. The van der Waals surface area contributed by atoms with E-state index < -0.39 is 8.72 Å². The first-order valence-electron chi connectivity index (χ1n) is 8.26. The highest BCUT2D eigenvalue weighted by atomic mass is 35.6. The van der Waals surface area contributed by atoms with Crippen LogP contribution in [-0.2, 0) is 3.79 Å². The van der Waals surface area contributed by atoms with Gasteiger partial charge in [0.25, 0.3) is 5.69 Å². The van der Waals surface area contributed by atoms with Crippen LogP contribution in [0.5, 0.6) is 0 Å². The molecule has 0 N–H and O–H groups in total. The summed E-state index contributed by atoms with van der Waals surface area (Å²) in [7, 11) is 2.04. The van der Waals surface area contributed by atoms with Crippen LogP contribution in [0.15, 0.2) is 24.3 Å². The molecule has 1 aromatic heterocycles. The molecule has 1 saturated heterocycles. The Morgan fingerprint density at radius 3 is 2.52 bits per heavy atom. The van der Waals surface area contributed by atoms with E-state index in [0.717, 1.165) is 26.1 Å². The number of halogens is 3. The first-order valence-corrected chi connectivity index (χ1v) is 9.39. The van der Waals surface area contributed by atoms with E-state index in [0.29, 0.717) is 12.5 Å². The fraction of sp³-hybridized carbons (Fsp3) is 0.438. The molecular weight excluding hydrogens is 415 g/mol. The van der Waals surface area contributed by atoms with Crippen molar-refractivity contribution in [3.8, 4) is 11.4 Å². The maximum Gasteiger partial charge on any atom is 0.280 e. The number of benzene rings is 1. The zero-order chi connectivity index (χ0) is 19.6. The van der Waals surface area contributed by atoms with Crippen molar-refractivity contribution in [1.82, 2.24) is 19.9 Å². The SMILES string of the molecule is CN1CCCN(c2nc(-c3ccccc3[N+](=O)[O-])nc(C(Cl)(Cl)Cl)n2)CC1. The maximum absolute atomic E-state index is 11.4. The van der Waals surface area contributed by atoms with Crippen LogP contribution in [0.1, 0.15) is 12.2 Å². The van der Waals surface area contributed by atoms with E-state index in [1.54, 1.807) is 18.2 Å². The standard InChI is InChI=1S/C16H17Cl3N6O2/c1-23-7-4-8-24(10-9-23)15-21-13(20-14(22-15)16(17,18)19)11-5-2-3-6-12(11)25(26)27/h2-3,5-6H,4,7-10H2,1H3. The predicted molar refractivity (Wildman–Crippen MR) is 105 cm³/mol. The highest BCUT2D eigenvalue weighted by Crippen LogP contribution is 2.38. The van der Waals surface area contributed by atoms with E-state index in [9.17, 15) is 10.1 Å². The maximum atomic E-state index is 11.4. The smallest absolute Gasteiger partial charge is 0.280 e. The topological polar surface area (TPSA) is 88.3 Å². The van der Waals surface area contributed by atoms with Gasteiger partial charge >= 0.3 is 0 Å². The van der Waals surface area contributed by atoms with Crippen molar-refractivity contribution in [3.05, 3.63) is 40.2 Å². The van der Waals surface area contributed by atoms with Crippen LogP contribution in [0.2, 0.25) is 0 Å². The van der Waals surface area contributed by atoms with E-state index in [1.807, 2.05) is 11.9 Å². The minimum absolute atomic E-state index is 0.0664.